The number of hydrogen-bond acceptors (Lipinski definition) is 2. The molecule has 0 amide bonds. The summed E-state index contributed by atoms with van der Waals surface area (Å²) in [5.41, 5.74) is 1.15. The van der Waals surface area contributed by atoms with Gasteiger partial charge in [-0.1, -0.05) is 30.2 Å². The average molecular weight is 309 g/mol. The summed E-state index contributed by atoms with van der Waals surface area (Å²) in [5, 5.41) is 7.44. The van der Waals surface area contributed by atoms with E-state index in [1.54, 1.807) is 7.05 Å². The third kappa shape index (κ3) is 5.94. The van der Waals surface area contributed by atoms with Crippen LogP contribution >= 0.6 is 11.6 Å². The summed E-state index contributed by atoms with van der Waals surface area (Å²) in [6, 6.07) is 7.87. The molecule has 1 aromatic rings. The van der Waals surface area contributed by atoms with E-state index in [2.05, 4.69) is 26.6 Å². The van der Waals surface area contributed by atoms with Gasteiger partial charge >= 0.3 is 0 Å². The van der Waals surface area contributed by atoms with E-state index in [-0.39, 0.29) is 0 Å². The number of nitrogens with one attached hydrogen (secondary N) is 2. The molecule has 1 aromatic carbocycles. The van der Waals surface area contributed by atoms with Crippen molar-refractivity contribution in [1.82, 2.24) is 15.5 Å². The fourth-order valence-electron chi connectivity index (χ4n) is 2.57. The number of benzene rings is 1. The third-order valence-electron chi connectivity index (χ3n) is 3.74. The van der Waals surface area contributed by atoms with Gasteiger partial charge < -0.3 is 15.5 Å². The van der Waals surface area contributed by atoms with E-state index in [1.165, 1.54) is 32.4 Å². The minimum atomic E-state index is 0.726. The Hall–Kier alpha value is -1.26. The smallest absolute Gasteiger partial charge is 0.191 e. The molecule has 0 aliphatic carbocycles. The lowest BCUT2D eigenvalue weighted by atomic mass is 10.1. The highest BCUT2D eigenvalue weighted by Crippen LogP contribution is 2.10. The second-order valence-electron chi connectivity index (χ2n) is 5.38. The Bertz CT molecular complexity index is 455. The summed E-state index contributed by atoms with van der Waals surface area (Å²) in [7, 11) is 1.80. The van der Waals surface area contributed by atoms with Crippen LogP contribution in [-0.4, -0.2) is 44.1 Å². The summed E-state index contributed by atoms with van der Waals surface area (Å²) < 4.78 is 0. The number of aliphatic imine (C=N–C) groups is 1. The number of hydrogen-bond donors (Lipinski definition) is 2. The number of piperidine rings is 1. The molecule has 0 unspecified atom stereocenters. The van der Waals surface area contributed by atoms with Crippen LogP contribution < -0.4 is 10.6 Å². The van der Waals surface area contributed by atoms with Crippen molar-refractivity contribution in [1.29, 1.82) is 0 Å². The van der Waals surface area contributed by atoms with E-state index in [4.69, 9.17) is 11.6 Å². The minimum absolute atomic E-state index is 0.726. The van der Waals surface area contributed by atoms with E-state index < -0.39 is 0 Å². The first-order valence-corrected chi connectivity index (χ1v) is 8.07. The molecule has 0 aromatic heterocycles. The second kappa shape index (κ2) is 8.90. The summed E-state index contributed by atoms with van der Waals surface area (Å²) in [4.78, 5) is 6.77. The Kier molecular flexibility index (Phi) is 6.83. The largest absolute Gasteiger partial charge is 0.355 e. The number of halogens is 1. The van der Waals surface area contributed by atoms with Crippen LogP contribution in [0.25, 0.3) is 0 Å². The van der Waals surface area contributed by atoms with Crippen molar-refractivity contribution < 1.29 is 0 Å². The van der Waals surface area contributed by atoms with Gasteiger partial charge in [0.05, 0.1) is 0 Å². The van der Waals surface area contributed by atoms with E-state index in [0.29, 0.717) is 0 Å². The van der Waals surface area contributed by atoms with Crippen LogP contribution in [0.15, 0.2) is 29.3 Å². The fraction of sp³-hybridized carbons (Fsp3) is 0.562. The Labute approximate surface area is 132 Å². The molecule has 0 bridgehead atoms. The molecule has 1 aliphatic rings. The molecule has 21 heavy (non-hydrogen) atoms. The second-order valence-corrected chi connectivity index (χ2v) is 5.82. The maximum atomic E-state index is 5.98. The monoisotopic (exact) mass is 308 g/mol. The van der Waals surface area contributed by atoms with Gasteiger partial charge in [0.15, 0.2) is 5.96 Å². The average Bonchev–Trinajstić information content (AvgIpc) is 2.52. The Morgan fingerprint density at radius 1 is 1.24 bits per heavy atom. The molecule has 2 N–H and O–H groups in total. The maximum Gasteiger partial charge on any atom is 0.191 e. The van der Waals surface area contributed by atoms with Crippen LogP contribution in [0, 0.1) is 0 Å². The third-order valence-corrected chi connectivity index (χ3v) is 3.98. The number of guanidine groups is 1. The van der Waals surface area contributed by atoms with Crippen LogP contribution in [0.3, 0.4) is 0 Å². The van der Waals surface area contributed by atoms with Gasteiger partial charge in [-0.15, -0.1) is 0 Å². The topological polar surface area (TPSA) is 39.7 Å². The molecule has 0 atom stereocenters. The van der Waals surface area contributed by atoms with Gasteiger partial charge in [-0.2, -0.15) is 0 Å². The van der Waals surface area contributed by atoms with Crippen LogP contribution in [0.1, 0.15) is 24.8 Å². The summed E-state index contributed by atoms with van der Waals surface area (Å²) in [6.07, 6.45) is 4.05. The minimum Gasteiger partial charge on any atom is -0.355 e. The van der Waals surface area contributed by atoms with Crippen molar-refractivity contribution in [2.24, 2.45) is 4.99 Å². The lowest BCUT2D eigenvalue weighted by molar-refractivity contribution is 0.232. The van der Waals surface area contributed by atoms with Crippen LogP contribution in [0.5, 0.6) is 0 Å². The van der Waals surface area contributed by atoms with Gasteiger partial charge in [0.2, 0.25) is 0 Å². The highest BCUT2D eigenvalue weighted by atomic mass is 35.5. The van der Waals surface area contributed by atoms with Crippen molar-refractivity contribution in [3.63, 3.8) is 0 Å². The quantitative estimate of drug-likeness (QED) is 0.648. The molecule has 0 radical (unpaired) electrons. The molecule has 4 nitrogen and oxygen atoms in total. The predicted octanol–water partition coefficient (Wildman–Crippen LogP) is 2.49. The van der Waals surface area contributed by atoms with Gasteiger partial charge in [-0.3, -0.25) is 4.99 Å². The SMILES string of the molecule is CN=C(NCCN1CCCCC1)NCc1cccc(Cl)c1. The zero-order valence-electron chi connectivity index (χ0n) is 12.7. The molecular formula is C16H25ClN4. The van der Waals surface area contributed by atoms with Crippen LogP contribution in [0.4, 0.5) is 0 Å². The number of nitrogens with zero attached hydrogens (tertiary/aromatic N) is 2. The van der Waals surface area contributed by atoms with Gasteiger partial charge in [0.1, 0.15) is 0 Å². The summed E-state index contributed by atoms with van der Waals surface area (Å²) >= 11 is 5.98. The first kappa shape index (κ1) is 16.1. The normalized spacial score (nSPS) is 16.8. The lowest BCUT2D eigenvalue weighted by Crippen LogP contribution is -2.42. The molecule has 0 spiro atoms. The molecule has 116 valence electrons. The van der Waals surface area contributed by atoms with Gasteiger partial charge in [0.25, 0.3) is 0 Å². The van der Waals surface area contributed by atoms with E-state index in [1.807, 2.05) is 18.2 Å². The van der Waals surface area contributed by atoms with Crippen molar-refractivity contribution >= 4 is 17.6 Å². The molecule has 1 aliphatic heterocycles. The molecule has 0 saturated carbocycles. The highest BCUT2D eigenvalue weighted by molar-refractivity contribution is 6.30. The number of rotatable bonds is 5. The number of likely N-dealkylation sites (tertiary alicyclic amines) is 1. The molecule has 1 saturated heterocycles. The van der Waals surface area contributed by atoms with Crippen molar-refractivity contribution in [2.75, 3.05) is 33.2 Å². The van der Waals surface area contributed by atoms with Crippen molar-refractivity contribution in [3.05, 3.63) is 34.9 Å². The first-order valence-electron chi connectivity index (χ1n) is 7.69. The highest BCUT2D eigenvalue weighted by Gasteiger charge is 2.09. The van der Waals surface area contributed by atoms with E-state index >= 15 is 0 Å². The molecule has 5 heteroatoms. The summed E-state index contributed by atoms with van der Waals surface area (Å²) in [6.45, 7) is 5.20. The maximum absolute atomic E-state index is 5.98. The Morgan fingerprint density at radius 2 is 2.05 bits per heavy atom. The van der Waals surface area contributed by atoms with E-state index in [0.717, 1.165) is 36.2 Å². The lowest BCUT2D eigenvalue weighted by Gasteiger charge is -2.26. The Balaban J connectivity index is 1.68. The van der Waals surface area contributed by atoms with E-state index in [9.17, 15) is 0 Å². The van der Waals surface area contributed by atoms with Crippen LogP contribution in [0.2, 0.25) is 5.02 Å². The van der Waals surface area contributed by atoms with Gasteiger partial charge in [0, 0.05) is 31.7 Å². The van der Waals surface area contributed by atoms with Crippen molar-refractivity contribution in [3.8, 4) is 0 Å². The van der Waals surface area contributed by atoms with Crippen molar-refractivity contribution in [2.45, 2.75) is 25.8 Å². The Morgan fingerprint density at radius 3 is 2.76 bits per heavy atom. The standard InChI is InChI=1S/C16H25ClN4/c1-18-16(19-8-11-21-9-3-2-4-10-21)20-13-14-6-5-7-15(17)12-14/h5-7,12H,2-4,8-11,13H2,1H3,(H2,18,19,20). The molecule has 1 fully saturated rings. The van der Waals surface area contributed by atoms with Crippen LogP contribution in [-0.2, 0) is 6.54 Å². The van der Waals surface area contributed by atoms with Gasteiger partial charge in [-0.05, 0) is 43.6 Å². The zero-order valence-corrected chi connectivity index (χ0v) is 13.5. The molecule has 2 rings (SSSR count). The molecule has 1 heterocycles. The summed E-state index contributed by atoms with van der Waals surface area (Å²) in [5.74, 6) is 0.840. The zero-order chi connectivity index (χ0) is 14.9. The molecular weight excluding hydrogens is 284 g/mol. The van der Waals surface area contributed by atoms with Gasteiger partial charge in [-0.25, -0.2) is 0 Å². The predicted molar refractivity (Wildman–Crippen MR) is 89.9 cm³/mol. The fourth-order valence-corrected chi connectivity index (χ4v) is 2.78. The first-order chi connectivity index (χ1) is 10.3.